The van der Waals surface area contributed by atoms with Gasteiger partial charge in [0.05, 0.1) is 24.1 Å². The Morgan fingerprint density at radius 2 is 1.64 bits per heavy atom. The number of aromatic nitrogens is 2. The van der Waals surface area contributed by atoms with E-state index in [1.807, 2.05) is 84.5 Å². The molecule has 33 heavy (non-hydrogen) atoms. The van der Waals surface area contributed by atoms with Crippen molar-refractivity contribution in [3.8, 4) is 16.9 Å². The number of hydrogen-bond donors (Lipinski definition) is 0. The van der Waals surface area contributed by atoms with E-state index < -0.39 is 0 Å². The number of aryl methyl sites for hydroxylation is 2. The standard InChI is InChI=1S/C28H24N2O3/c1-19-13-25-22(17-32-26(25)14-20(19)2)15-27(31)33-18-23-16-30(24-11-7-4-8-12-24)29-28(23)21-9-5-3-6-10-21/h3-14,16-17H,15,18H2,1-2H3. The molecule has 0 radical (unpaired) electrons. The Bertz CT molecular complexity index is 1420. The zero-order valence-electron chi connectivity index (χ0n) is 18.6. The zero-order chi connectivity index (χ0) is 22.8. The Kier molecular flexibility index (Phi) is 5.53. The Labute approximate surface area is 192 Å². The van der Waals surface area contributed by atoms with Crippen LogP contribution in [0.3, 0.4) is 0 Å². The highest BCUT2D eigenvalue weighted by Gasteiger charge is 2.16. The Morgan fingerprint density at radius 3 is 2.39 bits per heavy atom. The Morgan fingerprint density at radius 1 is 0.939 bits per heavy atom. The molecule has 2 aromatic heterocycles. The Balaban J connectivity index is 1.37. The summed E-state index contributed by atoms with van der Waals surface area (Å²) in [6.07, 6.45) is 3.72. The van der Waals surface area contributed by atoms with Crippen molar-refractivity contribution >= 4 is 16.9 Å². The minimum absolute atomic E-state index is 0.143. The summed E-state index contributed by atoms with van der Waals surface area (Å²) < 4.78 is 13.2. The molecule has 0 aliphatic carbocycles. The number of carbonyl (C=O) groups is 1. The predicted octanol–water partition coefficient (Wildman–Crippen LogP) is 6.19. The van der Waals surface area contributed by atoms with Gasteiger partial charge in [0.1, 0.15) is 12.2 Å². The van der Waals surface area contributed by atoms with Crippen LogP contribution in [0.4, 0.5) is 0 Å². The van der Waals surface area contributed by atoms with E-state index in [0.29, 0.717) is 0 Å². The van der Waals surface area contributed by atoms with Crippen LogP contribution in [0, 0.1) is 13.8 Å². The summed E-state index contributed by atoms with van der Waals surface area (Å²) in [5.41, 5.74) is 7.52. The molecule has 2 heterocycles. The van der Waals surface area contributed by atoms with Gasteiger partial charge in [-0.1, -0.05) is 48.5 Å². The van der Waals surface area contributed by atoms with Gasteiger partial charge in [-0.2, -0.15) is 5.10 Å². The van der Waals surface area contributed by atoms with E-state index in [1.165, 1.54) is 5.56 Å². The smallest absolute Gasteiger partial charge is 0.310 e. The molecule has 0 atom stereocenters. The van der Waals surface area contributed by atoms with Crippen LogP contribution in [0.5, 0.6) is 0 Å². The number of hydrogen-bond acceptors (Lipinski definition) is 4. The first-order chi connectivity index (χ1) is 16.1. The minimum Gasteiger partial charge on any atom is -0.464 e. The highest BCUT2D eigenvalue weighted by atomic mass is 16.5. The summed E-state index contributed by atoms with van der Waals surface area (Å²) >= 11 is 0. The van der Waals surface area contributed by atoms with E-state index in [4.69, 9.17) is 14.3 Å². The number of para-hydroxylation sites is 1. The number of ether oxygens (including phenoxy) is 1. The number of furan rings is 1. The van der Waals surface area contributed by atoms with Crippen molar-refractivity contribution in [3.05, 3.63) is 108 Å². The second kappa shape index (κ2) is 8.79. The number of benzene rings is 3. The maximum absolute atomic E-state index is 12.7. The van der Waals surface area contributed by atoms with Gasteiger partial charge in [-0.25, -0.2) is 4.68 Å². The van der Waals surface area contributed by atoms with Gasteiger partial charge in [-0.05, 0) is 49.2 Å². The van der Waals surface area contributed by atoms with Crippen molar-refractivity contribution in [2.24, 2.45) is 0 Å². The molecule has 0 aliphatic heterocycles. The molecule has 0 fully saturated rings. The van der Waals surface area contributed by atoms with E-state index in [-0.39, 0.29) is 19.0 Å². The van der Waals surface area contributed by atoms with E-state index in [1.54, 1.807) is 6.26 Å². The van der Waals surface area contributed by atoms with Gasteiger partial charge in [0.25, 0.3) is 0 Å². The molecule has 0 spiro atoms. The van der Waals surface area contributed by atoms with Crippen LogP contribution in [0.1, 0.15) is 22.3 Å². The lowest BCUT2D eigenvalue weighted by Crippen LogP contribution is -2.08. The molecule has 3 aromatic carbocycles. The van der Waals surface area contributed by atoms with Crippen LogP contribution in [0.15, 0.2) is 89.7 Å². The van der Waals surface area contributed by atoms with E-state index in [0.717, 1.165) is 44.6 Å². The highest BCUT2D eigenvalue weighted by Crippen LogP contribution is 2.27. The number of fused-ring (bicyclic) bond motifs is 1. The largest absolute Gasteiger partial charge is 0.464 e. The summed E-state index contributed by atoms with van der Waals surface area (Å²) in [7, 11) is 0. The molecule has 5 aromatic rings. The second-order valence-electron chi connectivity index (χ2n) is 8.18. The molecule has 0 aliphatic rings. The van der Waals surface area contributed by atoms with Gasteiger partial charge in [0, 0.05) is 28.3 Å². The van der Waals surface area contributed by atoms with Crippen LogP contribution in [-0.4, -0.2) is 15.7 Å². The molecule has 5 nitrogen and oxygen atoms in total. The summed E-state index contributed by atoms with van der Waals surface area (Å²) in [5.74, 6) is -0.303. The van der Waals surface area contributed by atoms with Gasteiger partial charge in [-0.15, -0.1) is 0 Å². The number of carbonyl (C=O) groups excluding carboxylic acids is 1. The molecule has 0 N–H and O–H groups in total. The summed E-state index contributed by atoms with van der Waals surface area (Å²) in [4.78, 5) is 12.7. The van der Waals surface area contributed by atoms with Crippen molar-refractivity contribution in [1.29, 1.82) is 0 Å². The third kappa shape index (κ3) is 4.30. The van der Waals surface area contributed by atoms with Crippen LogP contribution in [0.2, 0.25) is 0 Å². The molecule has 0 unspecified atom stereocenters. The van der Waals surface area contributed by atoms with Crippen molar-refractivity contribution < 1.29 is 13.9 Å². The maximum Gasteiger partial charge on any atom is 0.310 e. The summed E-state index contributed by atoms with van der Waals surface area (Å²) in [6, 6.07) is 23.9. The van der Waals surface area contributed by atoms with E-state index in [2.05, 4.69) is 13.0 Å². The second-order valence-corrected chi connectivity index (χ2v) is 8.18. The number of rotatable bonds is 6. The lowest BCUT2D eigenvalue weighted by atomic mass is 10.0. The van der Waals surface area contributed by atoms with E-state index >= 15 is 0 Å². The molecule has 5 rings (SSSR count). The fourth-order valence-electron chi connectivity index (χ4n) is 3.91. The fourth-order valence-corrected chi connectivity index (χ4v) is 3.91. The molecule has 164 valence electrons. The molecule has 0 saturated heterocycles. The lowest BCUT2D eigenvalue weighted by Gasteiger charge is -2.05. The third-order valence-electron chi connectivity index (χ3n) is 5.85. The van der Waals surface area contributed by atoms with Gasteiger partial charge >= 0.3 is 5.97 Å². The fraction of sp³-hybridized carbons (Fsp3) is 0.143. The van der Waals surface area contributed by atoms with Crippen LogP contribution >= 0.6 is 0 Å². The van der Waals surface area contributed by atoms with Crippen molar-refractivity contribution in [2.75, 3.05) is 0 Å². The lowest BCUT2D eigenvalue weighted by molar-refractivity contribution is -0.144. The summed E-state index contributed by atoms with van der Waals surface area (Å²) in [6.45, 7) is 4.24. The monoisotopic (exact) mass is 436 g/mol. The molecule has 5 heteroatoms. The van der Waals surface area contributed by atoms with Crippen LogP contribution in [-0.2, 0) is 22.6 Å². The van der Waals surface area contributed by atoms with Gasteiger partial charge in [0.2, 0.25) is 0 Å². The first-order valence-corrected chi connectivity index (χ1v) is 10.9. The first kappa shape index (κ1) is 20.8. The predicted molar refractivity (Wildman–Crippen MR) is 128 cm³/mol. The number of esters is 1. The van der Waals surface area contributed by atoms with Gasteiger partial charge < -0.3 is 9.15 Å². The van der Waals surface area contributed by atoms with Crippen LogP contribution in [0.25, 0.3) is 27.9 Å². The van der Waals surface area contributed by atoms with Crippen molar-refractivity contribution in [3.63, 3.8) is 0 Å². The molecular weight excluding hydrogens is 412 g/mol. The average molecular weight is 437 g/mol. The maximum atomic E-state index is 12.7. The quantitative estimate of drug-likeness (QED) is 0.298. The van der Waals surface area contributed by atoms with Gasteiger partial charge in [-0.3, -0.25) is 4.79 Å². The van der Waals surface area contributed by atoms with Crippen molar-refractivity contribution in [2.45, 2.75) is 26.9 Å². The minimum atomic E-state index is -0.303. The molecule has 0 amide bonds. The van der Waals surface area contributed by atoms with Crippen LogP contribution < -0.4 is 0 Å². The molecule has 0 saturated carbocycles. The molecular formula is C28H24N2O3. The first-order valence-electron chi connectivity index (χ1n) is 10.9. The van der Waals surface area contributed by atoms with Crippen molar-refractivity contribution in [1.82, 2.24) is 9.78 Å². The number of nitrogens with zero attached hydrogens (tertiary/aromatic N) is 2. The molecule has 0 bridgehead atoms. The van der Waals surface area contributed by atoms with E-state index in [9.17, 15) is 4.79 Å². The zero-order valence-corrected chi connectivity index (χ0v) is 18.6. The average Bonchev–Trinajstić information content (AvgIpc) is 3.44. The highest BCUT2D eigenvalue weighted by molar-refractivity contribution is 5.86. The third-order valence-corrected chi connectivity index (χ3v) is 5.85. The topological polar surface area (TPSA) is 57.3 Å². The van der Waals surface area contributed by atoms with Gasteiger partial charge in [0.15, 0.2) is 0 Å². The normalized spacial score (nSPS) is 11.1. The summed E-state index contributed by atoms with van der Waals surface area (Å²) in [5, 5.41) is 5.73. The SMILES string of the molecule is Cc1cc2occ(CC(=O)OCc3cn(-c4ccccc4)nc3-c3ccccc3)c2cc1C. The Hall–Kier alpha value is -4.12.